The lowest BCUT2D eigenvalue weighted by molar-refractivity contribution is -0.124. The summed E-state index contributed by atoms with van der Waals surface area (Å²) in [5.74, 6) is 0.420. The lowest BCUT2D eigenvalue weighted by Gasteiger charge is -2.23. The van der Waals surface area contributed by atoms with Crippen molar-refractivity contribution >= 4 is 5.91 Å². The molecule has 1 amide bonds. The third-order valence-corrected chi connectivity index (χ3v) is 4.53. The highest BCUT2D eigenvalue weighted by molar-refractivity contribution is 5.82. The Kier molecular flexibility index (Phi) is 6.78. The van der Waals surface area contributed by atoms with E-state index in [0.29, 0.717) is 6.42 Å². The molecule has 0 spiro atoms. The number of aliphatic hydroxyl groups is 2. The monoisotopic (exact) mass is 352 g/mol. The van der Waals surface area contributed by atoms with Crippen molar-refractivity contribution in [2.75, 3.05) is 13.7 Å². The summed E-state index contributed by atoms with van der Waals surface area (Å²) in [6.45, 7) is 3.56. The van der Waals surface area contributed by atoms with Crippen molar-refractivity contribution in [1.29, 1.82) is 0 Å². The zero-order valence-electron chi connectivity index (χ0n) is 14.9. The van der Waals surface area contributed by atoms with Crippen LogP contribution in [0.5, 0.6) is 5.75 Å². The molecule has 140 valence electrons. The molecule has 5 N–H and O–H groups in total. The molecule has 7 heteroatoms. The Morgan fingerprint density at radius 3 is 2.52 bits per heavy atom. The van der Waals surface area contributed by atoms with Crippen LogP contribution in [0.4, 0.5) is 0 Å². The van der Waals surface area contributed by atoms with Crippen LogP contribution in [0.15, 0.2) is 24.3 Å². The topological polar surface area (TPSA) is 114 Å². The molecule has 1 saturated heterocycles. The van der Waals surface area contributed by atoms with E-state index in [1.54, 1.807) is 7.11 Å². The maximum absolute atomic E-state index is 12.4. The molecule has 5 atom stereocenters. The SMILES string of the molecule is COc1ccc(CC(N)C(=O)N[C@@H]2C(O)[C@H](C(C)C)O[C@@H]2CO)cc1. The minimum Gasteiger partial charge on any atom is -0.497 e. The number of benzene rings is 1. The Balaban J connectivity index is 1.97. The number of amides is 1. The number of carbonyl (C=O) groups excluding carboxylic acids is 1. The van der Waals surface area contributed by atoms with Crippen LogP contribution >= 0.6 is 0 Å². The third-order valence-electron chi connectivity index (χ3n) is 4.53. The van der Waals surface area contributed by atoms with Crippen LogP contribution in [0.2, 0.25) is 0 Å². The molecule has 0 aromatic heterocycles. The van der Waals surface area contributed by atoms with E-state index in [4.69, 9.17) is 15.2 Å². The van der Waals surface area contributed by atoms with Gasteiger partial charge in [0.2, 0.25) is 5.91 Å². The molecule has 7 nitrogen and oxygen atoms in total. The molecule has 0 saturated carbocycles. The number of ether oxygens (including phenoxy) is 2. The molecule has 1 heterocycles. The quantitative estimate of drug-likeness (QED) is 0.542. The molecule has 1 aliphatic rings. The van der Waals surface area contributed by atoms with Gasteiger partial charge in [0.15, 0.2) is 0 Å². The van der Waals surface area contributed by atoms with Gasteiger partial charge in [0, 0.05) is 0 Å². The van der Waals surface area contributed by atoms with Crippen LogP contribution in [0.25, 0.3) is 0 Å². The Morgan fingerprint density at radius 1 is 1.36 bits per heavy atom. The number of nitrogens with two attached hydrogens (primary N) is 1. The minimum atomic E-state index is -0.880. The lowest BCUT2D eigenvalue weighted by atomic mass is 9.97. The fourth-order valence-electron chi connectivity index (χ4n) is 3.06. The van der Waals surface area contributed by atoms with Crippen molar-refractivity contribution in [2.45, 2.75) is 50.7 Å². The zero-order chi connectivity index (χ0) is 18.6. The second-order valence-corrected chi connectivity index (χ2v) is 6.75. The van der Waals surface area contributed by atoms with Crippen LogP contribution in [0.1, 0.15) is 19.4 Å². The molecule has 1 aromatic carbocycles. The Labute approximate surface area is 148 Å². The van der Waals surface area contributed by atoms with E-state index in [0.717, 1.165) is 11.3 Å². The number of hydrogen-bond donors (Lipinski definition) is 4. The normalized spacial score (nSPS) is 27.3. The maximum Gasteiger partial charge on any atom is 0.237 e. The first-order chi connectivity index (χ1) is 11.9. The van der Waals surface area contributed by atoms with Gasteiger partial charge < -0.3 is 30.7 Å². The first-order valence-electron chi connectivity index (χ1n) is 8.50. The van der Waals surface area contributed by atoms with E-state index in [1.165, 1.54) is 0 Å². The molecule has 0 bridgehead atoms. The van der Waals surface area contributed by atoms with E-state index >= 15 is 0 Å². The van der Waals surface area contributed by atoms with Crippen molar-refractivity contribution in [2.24, 2.45) is 11.7 Å². The Hall–Kier alpha value is -1.67. The molecule has 1 aromatic rings. The first kappa shape index (κ1) is 19.7. The summed E-state index contributed by atoms with van der Waals surface area (Å²) in [6, 6.07) is 5.88. The molecule has 1 aliphatic heterocycles. The summed E-state index contributed by atoms with van der Waals surface area (Å²) in [5, 5.41) is 22.6. The van der Waals surface area contributed by atoms with Crippen molar-refractivity contribution < 1.29 is 24.5 Å². The number of nitrogens with one attached hydrogen (secondary N) is 1. The van der Waals surface area contributed by atoms with Crippen LogP contribution in [-0.4, -0.2) is 60.2 Å². The van der Waals surface area contributed by atoms with Crippen LogP contribution < -0.4 is 15.8 Å². The molecule has 2 rings (SSSR count). The molecule has 1 fully saturated rings. The van der Waals surface area contributed by atoms with E-state index in [-0.39, 0.29) is 18.4 Å². The standard InChI is InChI=1S/C18H28N2O5/c1-10(2)17-16(22)15(14(9-21)25-17)20-18(23)13(19)8-11-4-6-12(24-3)7-5-11/h4-7,10,13-17,21-22H,8-9,19H2,1-3H3,(H,20,23)/t13?,14-,15+,16?,17+/m1/s1. The summed E-state index contributed by atoms with van der Waals surface area (Å²) in [4.78, 5) is 12.4. The van der Waals surface area contributed by atoms with Crippen LogP contribution in [-0.2, 0) is 16.0 Å². The van der Waals surface area contributed by atoms with Gasteiger partial charge in [0.05, 0.1) is 31.9 Å². The fourth-order valence-corrected chi connectivity index (χ4v) is 3.06. The number of hydrogen-bond acceptors (Lipinski definition) is 6. The average Bonchev–Trinajstić information content (AvgIpc) is 2.91. The highest BCUT2D eigenvalue weighted by Gasteiger charge is 2.45. The van der Waals surface area contributed by atoms with Crippen molar-refractivity contribution in [3.05, 3.63) is 29.8 Å². The van der Waals surface area contributed by atoms with Crippen molar-refractivity contribution in [1.82, 2.24) is 5.32 Å². The second kappa shape index (κ2) is 8.62. The molecule has 0 radical (unpaired) electrons. The summed E-state index contributed by atoms with van der Waals surface area (Å²) >= 11 is 0. The van der Waals surface area contributed by atoms with Gasteiger partial charge in [-0.2, -0.15) is 0 Å². The summed E-state index contributed by atoms with van der Waals surface area (Å²) in [5.41, 5.74) is 6.90. The van der Waals surface area contributed by atoms with Gasteiger partial charge in [-0.05, 0) is 30.0 Å². The maximum atomic E-state index is 12.4. The fraction of sp³-hybridized carbons (Fsp3) is 0.611. The number of carbonyl (C=O) groups is 1. The third kappa shape index (κ3) is 4.70. The van der Waals surface area contributed by atoms with Crippen LogP contribution in [0, 0.1) is 5.92 Å². The van der Waals surface area contributed by atoms with E-state index in [2.05, 4.69) is 5.32 Å². The number of aliphatic hydroxyl groups excluding tert-OH is 2. The molecular weight excluding hydrogens is 324 g/mol. The summed E-state index contributed by atoms with van der Waals surface area (Å²) in [7, 11) is 1.59. The van der Waals surface area contributed by atoms with Gasteiger partial charge in [-0.1, -0.05) is 26.0 Å². The molecule has 25 heavy (non-hydrogen) atoms. The van der Waals surface area contributed by atoms with Crippen LogP contribution in [0.3, 0.4) is 0 Å². The average molecular weight is 352 g/mol. The number of rotatable bonds is 7. The van der Waals surface area contributed by atoms with E-state index < -0.39 is 30.4 Å². The van der Waals surface area contributed by atoms with Crippen molar-refractivity contribution in [3.8, 4) is 5.75 Å². The van der Waals surface area contributed by atoms with Gasteiger partial charge in [0.1, 0.15) is 18.0 Å². The first-order valence-corrected chi connectivity index (χ1v) is 8.50. The van der Waals surface area contributed by atoms with Gasteiger partial charge in [-0.25, -0.2) is 0 Å². The van der Waals surface area contributed by atoms with Gasteiger partial charge in [0.25, 0.3) is 0 Å². The predicted molar refractivity (Wildman–Crippen MR) is 93.2 cm³/mol. The van der Waals surface area contributed by atoms with Crippen molar-refractivity contribution in [3.63, 3.8) is 0 Å². The largest absolute Gasteiger partial charge is 0.497 e. The highest BCUT2D eigenvalue weighted by Crippen LogP contribution is 2.26. The Bertz CT molecular complexity index is 563. The van der Waals surface area contributed by atoms with E-state index in [1.807, 2.05) is 38.1 Å². The smallest absolute Gasteiger partial charge is 0.237 e. The van der Waals surface area contributed by atoms with Gasteiger partial charge >= 0.3 is 0 Å². The predicted octanol–water partition coefficient (Wildman–Crippen LogP) is -0.174. The minimum absolute atomic E-state index is 0.0684. The second-order valence-electron chi connectivity index (χ2n) is 6.75. The lowest BCUT2D eigenvalue weighted by Crippen LogP contribution is -2.54. The Morgan fingerprint density at radius 2 is 2.00 bits per heavy atom. The number of methoxy groups -OCH3 is 1. The van der Waals surface area contributed by atoms with E-state index in [9.17, 15) is 15.0 Å². The van der Waals surface area contributed by atoms with Gasteiger partial charge in [-0.15, -0.1) is 0 Å². The highest BCUT2D eigenvalue weighted by atomic mass is 16.5. The van der Waals surface area contributed by atoms with Gasteiger partial charge in [-0.3, -0.25) is 4.79 Å². The molecular formula is C18H28N2O5. The molecule has 2 unspecified atom stereocenters. The molecule has 0 aliphatic carbocycles. The zero-order valence-corrected chi connectivity index (χ0v) is 14.9. The summed E-state index contributed by atoms with van der Waals surface area (Å²) in [6.07, 6.45) is -1.59. The summed E-state index contributed by atoms with van der Waals surface area (Å²) < 4.78 is 10.8.